The number of carbonyl (C=O) groups excluding carboxylic acids is 1. The lowest BCUT2D eigenvalue weighted by atomic mass is 9.86. The van der Waals surface area contributed by atoms with E-state index in [0.717, 1.165) is 16.1 Å². The standard InChI is InChI=1S/C24H33N3O4S/c1-8-31-22-15-13-21(14-16-22)27(32(7,29)30)18(3)23(28)26-25-17(2)19-9-11-20(12-10-19)24(4,5)6/h9-16,18H,8H2,1-7H3,(H,26,28)/b25-17-/t18-/m1/s1. The predicted octanol–water partition coefficient (Wildman–Crippen LogP) is 4.08. The van der Waals surface area contributed by atoms with Gasteiger partial charge in [-0.05, 0) is 61.6 Å². The van der Waals surface area contributed by atoms with Gasteiger partial charge in [0.25, 0.3) is 5.91 Å². The van der Waals surface area contributed by atoms with E-state index in [4.69, 9.17) is 4.74 Å². The van der Waals surface area contributed by atoms with Crippen molar-refractivity contribution in [3.63, 3.8) is 0 Å². The number of hydrogen-bond donors (Lipinski definition) is 1. The summed E-state index contributed by atoms with van der Waals surface area (Å²) < 4.78 is 31.4. The molecule has 0 heterocycles. The summed E-state index contributed by atoms with van der Waals surface area (Å²) in [5.41, 5.74) is 5.61. The van der Waals surface area contributed by atoms with Crippen LogP contribution >= 0.6 is 0 Å². The summed E-state index contributed by atoms with van der Waals surface area (Å²) in [6.07, 6.45) is 1.07. The van der Waals surface area contributed by atoms with Crippen LogP contribution < -0.4 is 14.5 Å². The molecule has 0 radical (unpaired) electrons. The molecule has 174 valence electrons. The Balaban J connectivity index is 2.18. The summed E-state index contributed by atoms with van der Waals surface area (Å²) in [4.78, 5) is 12.7. The van der Waals surface area contributed by atoms with Crippen LogP contribution in [0.1, 0.15) is 52.7 Å². The second-order valence-electron chi connectivity index (χ2n) is 8.66. The zero-order valence-electron chi connectivity index (χ0n) is 19.8. The largest absolute Gasteiger partial charge is 0.494 e. The molecule has 1 atom stereocenters. The summed E-state index contributed by atoms with van der Waals surface area (Å²) in [5.74, 6) is 0.0921. The number of sulfonamides is 1. The molecular formula is C24H33N3O4S. The topological polar surface area (TPSA) is 88.1 Å². The molecule has 0 aromatic heterocycles. The van der Waals surface area contributed by atoms with E-state index < -0.39 is 22.0 Å². The number of amides is 1. The SMILES string of the molecule is CCOc1ccc(N([C@H](C)C(=O)N/N=C(/C)c2ccc(C(C)(C)C)cc2)S(C)(=O)=O)cc1. The Morgan fingerprint density at radius 2 is 1.66 bits per heavy atom. The summed E-state index contributed by atoms with van der Waals surface area (Å²) >= 11 is 0. The van der Waals surface area contributed by atoms with Gasteiger partial charge in [0, 0.05) is 0 Å². The van der Waals surface area contributed by atoms with E-state index in [0.29, 0.717) is 23.8 Å². The van der Waals surface area contributed by atoms with Gasteiger partial charge in [-0.3, -0.25) is 9.10 Å². The number of anilines is 1. The van der Waals surface area contributed by atoms with Crippen LogP contribution in [0.5, 0.6) is 5.75 Å². The van der Waals surface area contributed by atoms with E-state index in [1.807, 2.05) is 31.2 Å². The molecule has 0 spiro atoms. The lowest BCUT2D eigenvalue weighted by Gasteiger charge is -2.27. The van der Waals surface area contributed by atoms with Crippen LogP contribution in [0.3, 0.4) is 0 Å². The summed E-state index contributed by atoms with van der Waals surface area (Å²) in [6.45, 7) is 12.1. The van der Waals surface area contributed by atoms with Crippen LogP contribution in [0.15, 0.2) is 53.6 Å². The smallest absolute Gasteiger partial charge is 0.263 e. The molecule has 1 N–H and O–H groups in total. The average Bonchev–Trinajstić information content (AvgIpc) is 2.71. The fourth-order valence-corrected chi connectivity index (χ4v) is 4.35. The third-order valence-electron chi connectivity index (χ3n) is 4.99. The van der Waals surface area contributed by atoms with Gasteiger partial charge < -0.3 is 4.74 Å². The molecule has 0 aliphatic rings. The zero-order chi connectivity index (χ0) is 24.1. The molecule has 0 fully saturated rings. The van der Waals surface area contributed by atoms with Gasteiger partial charge in [-0.1, -0.05) is 45.0 Å². The number of hydrazone groups is 1. The molecule has 2 aromatic carbocycles. The molecule has 0 aliphatic heterocycles. The molecule has 8 heteroatoms. The molecular weight excluding hydrogens is 426 g/mol. The quantitative estimate of drug-likeness (QED) is 0.476. The fraction of sp³-hybridized carbons (Fsp3) is 0.417. The van der Waals surface area contributed by atoms with Gasteiger partial charge in [0.2, 0.25) is 10.0 Å². The maximum absolute atomic E-state index is 12.7. The molecule has 0 unspecified atom stereocenters. The highest BCUT2D eigenvalue weighted by molar-refractivity contribution is 7.92. The van der Waals surface area contributed by atoms with Crippen molar-refractivity contribution < 1.29 is 17.9 Å². The summed E-state index contributed by atoms with van der Waals surface area (Å²) in [5, 5.41) is 4.18. The van der Waals surface area contributed by atoms with E-state index in [9.17, 15) is 13.2 Å². The minimum Gasteiger partial charge on any atom is -0.494 e. The fourth-order valence-electron chi connectivity index (χ4n) is 3.17. The first-order valence-corrected chi connectivity index (χ1v) is 12.4. The van der Waals surface area contributed by atoms with Gasteiger partial charge in [-0.2, -0.15) is 5.10 Å². The van der Waals surface area contributed by atoms with Crippen LogP contribution in [-0.2, 0) is 20.2 Å². The van der Waals surface area contributed by atoms with Gasteiger partial charge in [-0.25, -0.2) is 13.8 Å². The van der Waals surface area contributed by atoms with Gasteiger partial charge in [0.15, 0.2) is 0 Å². The summed E-state index contributed by atoms with van der Waals surface area (Å²) in [7, 11) is -3.71. The Bertz CT molecular complexity index is 1050. The first-order valence-electron chi connectivity index (χ1n) is 10.5. The zero-order valence-corrected chi connectivity index (χ0v) is 20.7. The van der Waals surface area contributed by atoms with Crippen molar-refractivity contribution in [2.75, 3.05) is 17.2 Å². The third-order valence-corrected chi connectivity index (χ3v) is 6.23. The van der Waals surface area contributed by atoms with Gasteiger partial charge in [0.05, 0.1) is 24.3 Å². The monoisotopic (exact) mass is 459 g/mol. The summed E-state index contributed by atoms with van der Waals surface area (Å²) in [6, 6.07) is 13.6. The van der Waals surface area contributed by atoms with Crippen LogP contribution in [0.25, 0.3) is 0 Å². The van der Waals surface area contributed by atoms with Crippen molar-refractivity contribution in [3.05, 3.63) is 59.7 Å². The second kappa shape index (κ2) is 10.2. The second-order valence-corrected chi connectivity index (χ2v) is 10.5. The predicted molar refractivity (Wildman–Crippen MR) is 130 cm³/mol. The van der Waals surface area contributed by atoms with E-state index in [1.165, 1.54) is 12.5 Å². The minimum atomic E-state index is -3.71. The first-order chi connectivity index (χ1) is 14.8. The highest BCUT2D eigenvalue weighted by Crippen LogP contribution is 2.24. The maximum Gasteiger partial charge on any atom is 0.263 e. The van der Waals surface area contributed by atoms with Crippen LogP contribution in [0, 0.1) is 0 Å². The van der Waals surface area contributed by atoms with Gasteiger partial charge in [-0.15, -0.1) is 0 Å². The van der Waals surface area contributed by atoms with Crippen LogP contribution in [0.4, 0.5) is 5.69 Å². The Labute approximate surface area is 191 Å². The lowest BCUT2D eigenvalue weighted by molar-refractivity contribution is -0.121. The molecule has 32 heavy (non-hydrogen) atoms. The Morgan fingerprint density at radius 3 is 2.12 bits per heavy atom. The number of hydrogen-bond acceptors (Lipinski definition) is 5. The van der Waals surface area contributed by atoms with Crippen molar-refractivity contribution in [1.29, 1.82) is 0 Å². The Kier molecular flexibility index (Phi) is 8.07. The number of ether oxygens (including phenoxy) is 1. The normalized spacial score (nSPS) is 13.4. The van der Waals surface area contributed by atoms with Crippen LogP contribution in [-0.4, -0.2) is 38.9 Å². The van der Waals surface area contributed by atoms with E-state index >= 15 is 0 Å². The van der Waals surface area contributed by atoms with Crippen molar-refractivity contribution in [2.24, 2.45) is 5.10 Å². The van der Waals surface area contributed by atoms with Gasteiger partial charge in [0.1, 0.15) is 11.8 Å². The maximum atomic E-state index is 12.7. The molecule has 0 saturated heterocycles. The first kappa shape index (κ1) is 25.4. The highest BCUT2D eigenvalue weighted by atomic mass is 32.2. The molecule has 2 aromatic rings. The van der Waals surface area contributed by atoms with Crippen molar-refractivity contribution >= 4 is 27.3 Å². The van der Waals surface area contributed by atoms with E-state index in [-0.39, 0.29) is 5.41 Å². The van der Waals surface area contributed by atoms with Crippen molar-refractivity contribution in [2.45, 2.75) is 53.0 Å². The van der Waals surface area contributed by atoms with Crippen molar-refractivity contribution in [3.8, 4) is 5.75 Å². The third kappa shape index (κ3) is 6.56. The number of nitrogens with one attached hydrogen (secondary N) is 1. The minimum absolute atomic E-state index is 0.0448. The molecule has 2 rings (SSSR count). The number of rotatable bonds is 8. The molecule has 0 saturated carbocycles. The molecule has 0 bridgehead atoms. The molecule has 1 amide bonds. The number of benzene rings is 2. The van der Waals surface area contributed by atoms with Crippen LogP contribution in [0.2, 0.25) is 0 Å². The van der Waals surface area contributed by atoms with E-state index in [1.54, 1.807) is 31.2 Å². The molecule has 0 aliphatic carbocycles. The Hall–Kier alpha value is -2.87. The highest BCUT2D eigenvalue weighted by Gasteiger charge is 2.29. The lowest BCUT2D eigenvalue weighted by Crippen LogP contribution is -2.46. The number of carbonyl (C=O) groups is 1. The number of nitrogens with zero attached hydrogens (tertiary/aromatic N) is 2. The average molecular weight is 460 g/mol. The van der Waals surface area contributed by atoms with Crippen molar-refractivity contribution in [1.82, 2.24) is 5.43 Å². The Morgan fingerprint density at radius 1 is 1.09 bits per heavy atom. The van der Waals surface area contributed by atoms with Gasteiger partial charge >= 0.3 is 0 Å². The van der Waals surface area contributed by atoms with E-state index in [2.05, 4.69) is 31.3 Å². The molecule has 7 nitrogen and oxygen atoms in total.